The van der Waals surface area contributed by atoms with Gasteiger partial charge in [-0.15, -0.1) is 0 Å². The fourth-order valence-corrected chi connectivity index (χ4v) is 4.19. The Morgan fingerprint density at radius 1 is 1.08 bits per heavy atom. The van der Waals surface area contributed by atoms with Crippen LogP contribution in [0.3, 0.4) is 0 Å². The molecule has 0 aliphatic carbocycles. The van der Waals surface area contributed by atoms with Crippen molar-refractivity contribution < 1.29 is 24.1 Å². The largest absolute Gasteiger partial charge is 0.504 e. The molecular formula is C21H22O5. The van der Waals surface area contributed by atoms with Gasteiger partial charge in [-0.05, 0) is 44.4 Å². The minimum absolute atomic E-state index is 0.0632. The number of ether oxygens (including phenoxy) is 4. The molecule has 26 heavy (non-hydrogen) atoms. The summed E-state index contributed by atoms with van der Waals surface area (Å²) in [7, 11) is 1.54. The van der Waals surface area contributed by atoms with Crippen molar-refractivity contribution in [2.24, 2.45) is 0 Å². The molecule has 2 atom stereocenters. The molecular weight excluding hydrogens is 332 g/mol. The highest BCUT2D eigenvalue weighted by Gasteiger charge is 2.42. The summed E-state index contributed by atoms with van der Waals surface area (Å²) in [5.41, 5.74) is 3.08. The van der Waals surface area contributed by atoms with Gasteiger partial charge in [-0.25, -0.2) is 0 Å². The zero-order valence-electron chi connectivity index (χ0n) is 15.2. The van der Waals surface area contributed by atoms with Gasteiger partial charge in [0, 0.05) is 23.3 Å². The lowest BCUT2D eigenvalue weighted by molar-refractivity contribution is 0.0826. The van der Waals surface area contributed by atoms with Crippen LogP contribution >= 0.6 is 0 Å². The molecule has 2 aromatic rings. The van der Waals surface area contributed by atoms with Crippen molar-refractivity contribution in [1.29, 1.82) is 0 Å². The summed E-state index contributed by atoms with van der Waals surface area (Å²) in [6.45, 7) is 4.74. The number of benzene rings is 2. The Kier molecular flexibility index (Phi) is 3.15. The van der Waals surface area contributed by atoms with Crippen LogP contribution in [0, 0.1) is 0 Å². The van der Waals surface area contributed by atoms with Crippen LogP contribution in [0.2, 0.25) is 0 Å². The van der Waals surface area contributed by atoms with E-state index >= 15 is 0 Å². The van der Waals surface area contributed by atoms with E-state index in [9.17, 15) is 5.11 Å². The van der Waals surface area contributed by atoms with E-state index in [1.54, 1.807) is 12.1 Å². The molecule has 3 aliphatic heterocycles. The minimum Gasteiger partial charge on any atom is -0.504 e. The van der Waals surface area contributed by atoms with Crippen molar-refractivity contribution in [1.82, 2.24) is 0 Å². The molecule has 1 N–H and O–H groups in total. The van der Waals surface area contributed by atoms with E-state index in [4.69, 9.17) is 18.9 Å². The summed E-state index contributed by atoms with van der Waals surface area (Å²) in [4.78, 5) is 0. The van der Waals surface area contributed by atoms with E-state index in [2.05, 4.69) is 19.9 Å². The van der Waals surface area contributed by atoms with Crippen molar-refractivity contribution in [3.63, 3.8) is 0 Å². The Hall–Kier alpha value is -2.56. The maximum absolute atomic E-state index is 10.1. The fourth-order valence-electron chi connectivity index (χ4n) is 4.19. The highest BCUT2D eigenvalue weighted by atomic mass is 16.5. The molecule has 3 aliphatic rings. The van der Waals surface area contributed by atoms with Gasteiger partial charge in [0.15, 0.2) is 11.5 Å². The molecule has 0 bridgehead atoms. The molecule has 0 radical (unpaired) electrons. The Balaban J connectivity index is 1.55. The summed E-state index contributed by atoms with van der Waals surface area (Å²) < 4.78 is 23.7. The summed E-state index contributed by atoms with van der Waals surface area (Å²) in [5.74, 6) is 3.10. The van der Waals surface area contributed by atoms with Gasteiger partial charge in [-0.1, -0.05) is 0 Å². The number of aromatic hydroxyl groups is 1. The summed E-state index contributed by atoms with van der Waals surface area (Å²) >= 11 is 0. The van der Waals surface area contributed by atoms with Gasteiger partial charge in [-0.2, -0.15) is 0 Å². The van der Waals surface area contributed by atoms with Crippen molar-refractivity contribution in [2.75, 3.05) is 13.7 Å². The molecule has 5 heteroatoms. The SMILES string of the molecule is COc1cc2c(cc1O)C1COc3cc4c(cc3C1O2)CCC(C)(C)O4. The average Bonchev–Trinajstić information content (AvgIpc) is 2.96. The highest BCUT2D eigenvalue weighted by Crippen LogP contribution is 2.54. The van der Waals surface area contributed by atoms with Crippen molar-refractivity contribution in [3.8, 4) is 28.7 Å². The van der Waals surface area contributed by atoms with Gasteiger partial charge in [0.2, 0.25) is 0 Å². The van der Waals surface area contributed by atoms with Crippen LogP contribution in [0.1, 0.15) is 49.0 Å². The van der Waals surface area contributed by atoms with Crippen LogP contribution in [0.5, 0.6) is 28.7 Å². The second kappa shape index (κ2) is 5.22. The van der Waals surface area contributed by atoms with Crippen LogP contribution in [0.4, 0.5) is 0 Å². The summed E-state index contributed by atoms with van der Waals surface area (Å²) in [6.07, 6.45) is 1.86. The zero-order chi connectivity index (χ0) is 18.1. The smallest absolute Gasteiger partial charge is 0.164 e. The summed E-state index contributed by atoms with van der Waals surface area (Å²) in [6, 6.07) is 7.66. The Labute approximate surface area is 152 Å². The van der Waals surface area contributed by atoms with Crippen molar-refractivity contribution in [2.45, 2.75) is 44.3 Å². The second-order valence-electron chi connectivity index (χ2n) is 7.88. The molecule has 0 aromatic heterocycles. The first kappa shape index (κ1) is 15.7. The molecule has 5 rings (SSSR count). The van der Waals surface area contributed by atoms with Gasteiger partial charge in [0.25, 0.3) is 0 Å². The zero-order valence-corrected chi connectivity index (χ0v) is 15.2. The third kappa shape index (κ3) is 2.23. The van der Waals surface area contributed by atoms with Gasteiger partial charge >= 0.3 is 0 Å². The van der Waals surface area contributed by atoms with Gasteiger partial charge in [-0.3, -0.25) is 0 Å². The maximum Gasteiger partial charge on any atom is 0.164 e. The lowest BCUT2D eigenvalue weighted by atomic mass is 9.86. The molecule has 0 saturated heterocycles. The van der Waals surface area contributed by atoms with Gasteiger partial charge < -0.3 is 24.1 Å². The first-order valence-corrected chi connectivity index (χ1v) is 9.01. The predicted molar refractivity (Wildman–Crippen MR) is 95.7 cm³/mol. The van der Waals surface area contributed by atoms with E-state index in [-0.39, 0.29) is 23.4 Å². The maximum atomic E-state index is 10.1. The highest BCUT2D eigenvalue weighted by molar-refractivity contribution is 5.58. The third-order valence-electron chi connectivity index (χ3n) is 5.63. The Bertz CT molecular complexity index is 902. The molecule has 2 unspecified atom stereocenters. The molecule has 0 amide bonds. The minimum atomic E-state index is -0.146. The fraction of sp³-hybridized carbons (Fsp3) is 0.429. The van der Waals surface area contributed by atoms with E-state index in [1.807, 2.05) is 6.07 Å². The normalized spacial score (nSPS) is 24.1. The first-order valence-electron chi connectivity index (χ1n) is 9.01. The van der Waals surface area contributed by atoms with E-state index in [1.165, 1.54) is 12.7 Å². The first-order chi connectivity index (χ1) is 12.4. The number of phenolic OH excluding ortho intramolecular Hbond substituents is 1. The second-order valence-corrected chi connectivity index (χ2v) is 7.88. The number of methoxy groups -OCH3 is 1. The monoisotopic (exact) mass is 354 g/mol. The quantitative estimate of drug-likeness (QED) is 0.835. The lowest BCUT2D eigenvalue weighted by Crippen LogP contribution is -2.33. The van der Waals surface area contributed by atoms with Crippen molar-refractivity contribution >= 4 is 0 Å². The van der Waals surface area contributed by atoms with Gasteiger partial charge in [0.1, 0.15) is 29.0 Å². The van der Waals surface area contributed by atoms with Crippen LogP contribution < -0.4 is 18.9 Å². The number of aryl methyl sites for hydroxylation is 1. The lowest BCUT2D eigenvalue weighted by Gasteiger charge is -2.35. The topological polar surface area (TPSA) is 57.2 Å². The van der Waals surface area contributed by atoms with E-state index in [0.717, 1.165) is 41.2 Å². The number of phenols is 1. The molecule has 136 valence electrons. The molecule has 5 nitrogen and oxygen atoms in total. The van der Waals surface area contributed by atoms with Crippen LogP contribution in [-0.2, 0) is 6.42 Å². The standard InChI is InChI=1S/C21H22O5/c1-21(2)5-4-11-6-13-17(8-16(11)26-21)24-10-14-12-7-15(22)19(23-3)9-18(12)25-20(13)14/h6-9,14,20,22H,4-5,10H2,1-3H3. The number of hydrogen-bond acceptors (Lipinski definition) is 5. The van der Waals surface area contributed by atoms with Crippen LogP contribution in [-0.4, -0.2) is 24.4 Å². The molecule has 3 heterocycles. The Morgan fingerprint density at radius 3 is 2.73 bits per heavy atom. The molecule has 0 spiro atoms. The molecule has 2 aromatic carbocycles. The summed E-state index contributed by atoms with van der Waals surface area (Å²) in [5, 5.41) is 10.1. The molecule has 0 saturated carbocycles. The third-order valence-corrected chi connectivity index (χ3v) is 5.63. The van der Waals surface area contributed by atoms with Crippen LogP contribution in [0.15, 0.2) is 24.3 Å². The van der Waals surface area contributed by atoms with E-state index in [0.29, 0.717) is 12.4 Å². The number of rotatable bonds is 1. The van der Waals surface area contributed by atoms with Crippen LogP contribution in [0.25, 0.3) is 0 Å². The molecule has 0 fully saturated rings. The van der Waals surface area contributed by atoms with Crippen molar-refractivity contribution in [3.05, 3.63) is 41.0 Å². The average molecular weight is 354 g/mol. The number of fused-ring (bicyclic) bond motifs is 6. The van der Waals surface area contributed by atoms with E-state index < -0.39 is 0 Å². The predicted octanol–water partition coefficient (Wildman–Crippen LogP) is 4.11. The number of hydrogen-bond donors (Lipinski definition) is 1. The van der Waals surface area contributed by atoms with Gasteiger partial charge in [0.05, 0.1) is 19.6 Å². The Morgan fingerprint density at radius 2 is 1.92 bits per heavy atom.